The van der Waals surface area contributed by atoms with Crippen molar-refractivity contribution in [2.45, 2.75) is 9.79 Å². The highest BCUT2D eigenvalue weighted by Crippen LogP contribution is 2.52. The number of nitrogens with zero attached hydrogens (tertiary/aromatic N) is 7. The van der Waals surface area contributed by atoms with Gasteiger partial charge < -0.3 is 37.4 Å². The van der Waals surface area contributed by atoms with Gasteiger partial charge in [0, 0.05) is 156 Å². The molecule has 0 unspecified atom stereocenters. The number of hydrogen-bond acceptors (Lipinski definition) is 4. The van der Waals surface area contributed by atoms with Crippen molar-refractivity contribution in [1.82, 2.24) is 22.8 Å². The number of rotatable bonds is 9. The van der Waals surface area contributed by atoms with Crippen LogP contribution in [0.25, 0.3) is 204 Å². The third-order valence-electron chi connectivity index (χ3n) is 29.1. The molecular weight excluding hydrogens is 1800 g/mol. The molecule has 2 aliphatic heterocycles. The Morgan fingerprint density at radius 2 is 0.340 bits per heavy atom. The van der Waals surface area contributed by atoms with Crippen molar-refractivity contribution in [2.75, 3.05) is 23.9 Å². The number of fused-ring (bicyclic) bond motifs is 19. The van der Waals surface area contributed by atoms with Crippen molar-refractivity contribution in [3.05, 3.63) is 528 Å². The lowest BCUT2D eigenvalue weighted by molar-refractivity contribution is 0.476. The maximum atomic E-state index is 6.33. The molecule has 0 fully saturated rings. The number of para-hydroxylation sites is 6. The summed E-state index contributed by atoms with van der Waals surface area (Å²) in [6.45, 7) is 0. The van der Waals surface area contributed by atoms with Gasteiger partial charge in [0.25, 0.3) is 0 Å². The summed E-state index contributed by atoms with van der Waals surface area (Å²) in [6, 6.07) is 188. The topological polar surface area (TPSA) is 40.4 Å². The van der Waals surface area contributed by atoms with E-state index in [1.165, 1.54) is 214 Å². The molecule has 0 saturated carbocycles. The first-order chi connectivity index (χ1) is 72.4. The molecule has 0 amide bonds. The predicted octanol–water partition coefficient (Wildman–Crippen LogP) is 37.2. The van der Waals surface area contributed by atoms with Gasteiger partial charge in [-0.2, -0.15) is 0 Å². The summed E-state index contributed by atoms with van der Waals surface area (Å²) in [4.78, 5) is 7.09. The van der Waals surface area contributed by atoms with Gasteiger partial charge in [-0.05, 0) is 241 Å². The molecule has 0 atom stereocenters. The van der Waals surface area contributed by atoms with Crippen LogP contribution in [0, 0.1) is 0 Å². The van der Waals surface area contributed by atoms with Gasteiger partial charge in [-0.15, -0.1) is 0 Å². The summed E-state index contributed by atoms with van der Waals surface area (Å²) in [6.07, 6.45) is 0. The van der Waals surface area contributed by atoms with Gasteiger partial charge in [0.1, 0.15) is 0 Å². The molecule has 2 aliphatic rings. The molecule has 147 heavy (non-hydrogen) atoms. The molecule has 0 spiro atoms. The van der Waals surface area contributed by atoms with E-state index >= 15 is 0 Å². The molecular formula is C138H105N7OS. The van der Waals surface area contributed by atoms with Crippen LogP contribution in [0.1, 0.15) is 0 Å². The second-order valence-electron chi connectivity index (χ2n) is 37.8. The van der Waals surface area contributed by atoms with Gasteiger partial charge >= 0.3 is 0 Å². The lowest BCUT2D eigenvalue weighted by atomic mass is 10.0. The van der Waals surface area contributed by atoms with Crippen LogP contribution in [0.15, 0.2) is 538 Å². The van der Waals surface area contributed by atoms with E-state index in [4.69, 9.17) is 4.74 Å². The van der Waals surface area contributed by atoms with E-state index < -0.39 is 0 Å². The van der Waals surface area contributed by atoms with Crippen molar-refractivity contribution < 1.29 is 4.74 Å². The fourth-order valence-corrected chi connectivity index (χ4v) is 22.7. The van der Waals surface area contributed by atoms with E-state index in [2.05, 4.69) is 591 Å². The van der Waals surface area contributed by atoms with Crippen LogP contribution in [-0.2, 0) is 28.2 Å². The average molecular weight is 1910 g/mol. The lowest BCUT2D eigenvalue weighted by Gasteiger charge is -2.30. The maximum absolute atomic E-state index is 6.33. The number of aryl methyl sites for hydroxylation is 4. The minimum atomic E-state index is 0.886. The third kappa shape index (κ3) is 17.7. The predicted molar refractivity (Wildman–Crippen MR) is 626 cm³/mol. The fourth-order valence-electron chi connectivity index (χ4n) is 21.5. The van der Waals surface area contributed by atoms with Crippen LogP contribution in [0.3, 0.4) is 0 Å². The maximum Gasteiger partial charge on any atom is 0.151 e. The first kappa shape index (κ1) is 91.1. The van der Waals surface area contributed by atoms with Crippen LogP contribution in [0.4, 0.5) is 22.7 Å². The summed E-state index contributed by atoms with van der Waals surface area (Å²) < 4.78 is 17.8. The lowest BCUT2D eigenvalue weighted by Crippen LogP contribution is -2.15. The molecule has 5 aromatic heterocycles. The number of hydrogen-bond donors (Lipinski definition) is 0. The molecule has 27 aromatic rings. The Balaban J connectivity index is 0.0000000958. The van der Waals surface area contributed by atoms with Crippen molar-refractivity contribution in [3.8, 4) is 106 Å². The van der Waals surface area contributed by atoms with Gasteiger partial charge in [0.2, 0.25) is 0 Å². The molecule has 0 saturated heterocycles. The summed E-state index contributed by atoms with van der Waals surface area (Å²) >= 11 is 1.86. The first-order valence-corrected chi connectivity index (χ1v) is 51.0. The van der Waals surface area contributed by atoms with E-state index in [-0.39, 0.29) is 0 Å². The van der Waals surface area contributed by atoms with Crippen LogP contribution < -0.4 is 14.5 Å². The van der Waals surface area contributed by atoms with Gasteiger partial charge in [0.05, 0.1) is 33.8 Å². The summed E-state index contributed by atoms with van der Waals surface area (Å²) in [5, 5.41) is 13.1. The number of aromatic nitrogens is 5. The second kappa shape index (κ2) is 39.8. The number of anilines is 4. The Labute approximate surface area is 860 Å². The zero-order valence-electron chi connectivity index (χ0n) is 82.7. The second-order valence-corrected chi connectivity index (χ2v) is 38.9. The zero-order valence-corrected chi connectivity index (χ0v) is 83.5. The zero-order chi connectivity index (χ0) is 99.0. The molecule has 0 aliphatic carbocycles. The summed E-state index contributed by atoms with van der Waals surface area (Å²) in [5.74, 6) is 1.77. The van der Waals surface area contributed by atoms with Crippen LogP contribution in [0.2, 0.25) is 0 Å². The van der Waals surface area contributed by atoms with Gasteiger partial charge in [0.15, 0.2) is 11.5 Å². The Bertz CT molecular complexity index is 9040. The highest BCUT2D eigenvalue weighted by molar-refractivity contribution is 7.99. The standard InChI is InChI=1S/C31H22N2.C25H19NO.C25H19NS.C25H19N.C19H15N.C13H11N/c1-32-28-13-7-5-11-24(28)26-19-21(15-17-29(26)32)22-16-18-31-27(20-22)25-12-6-8-14-30(25)33(31)23-9-3-2-4-10-23;2*1-26-22-14-12-20(18-8-4-2-5-9-18)16-24(22)27-25-17-21(13-15-23(25)26)19-10-6-3-7-11-19;1-26-24-14-12-20(18-8-4-2-5-9-18)16-22(24)23-17-21(13-15-25(23)26)19-10-6-3-7-11-19;1-20-18-10-6-5-9-16(18)17-13-15(11-12-19(17)20)14-7-3-2-4-8-14;1-14-12-8-4-2-6-10(12)11-7-3-5-9-13(11)14/h2-20H,1H3;2*2-17H,1H3;2-17H,1H3;2-13H,1H3;2-9H,1H3. The van der Waals surface area contributed by atoms with Crippen molar-refractivity contribution in [1.29, 1.82) is 0 Å². The highest BCUT2D eigenvalue weighted by Gasteiger charge is 2.26. The van der Waals surface area contributed by atoms with E-state index in [0.717, 1.165) is 34.0 Å². The van der Waals surface area contributed by atoms with E-state index in [9.17, 15) is 0 Å². The Morgan fingerprint density at radius 1 is 0.150 bits per heavy atom. The molecule has 0 bridgehead atoms. The van der Waals surface area contributed by atoms with Crippen molar-refractivity contribution >= 4 is 144 Å². The molecule has 7 heterocycles. The summed E-state index contributed by atoms with van der Waals surface area (Å²) in [7, 11) is 12.8. The van der Waals surface area contributed by atoms with Crippen LogP contribution in [-0.4, -0.2) is 36.9 Å². The van der Waals surface area contributed by atoms with Crippen molar-refractivity contribution in [3.63, 3.8) is 0 Å². The minimum Gasteiger partial charge on any atom is -0.453 e. The quantitative estimate of drug-likeness (QED) is 0.144. The molecule has 8 nitrogen and oxygen atoms in total. The van der Waals surface area contributed by atoms with E-state index in [1.807, 2.05) is 23.9 Å². The fraction of sp³-hybridized carbons (Fsp3) is 0.0435. The van der Waals surface area contributed by atoms with Gasteiger partial charge in [-0.3, -0.25) is 0 Å². The normalized spacial score (nSPS) is 11.7. The SMILES string of the molecule is CN1c2ccc(-c3ccccc3)cc2Oc2cc(-c3ccccc3)ccc21.CN1c2ccc(-c3ccccc3)cc2Sc2cc(-c3ccccc3)ccc21.Cn1c2ccc(-c3ccccc3)cc2c2cc(-c3ccccc3)ccc21.Cn1c2ccccc2c2cc(-c3ccc4c(c3)c3ccccc3n4-c3ccccc3)ccc21.Cn1c2ccccc2c2cc(-c3ccccc3)ccc21.Cn1c2ccccc2c2ccccc21. The first-order valence-electron chi connectivity index (χ1n) is 50.2. The molecule has 9 heteroatoms. The van der Waals surface area contributed by atoms with Crippen LogP contribution in [0.5, 0.6) is 11.5 Å². The molecule has 0 radical (unpaired) electrons. The van der Waals surface area contributed by atoms with E-state index in [0.29, 0.717) is 0 Å². The molecule has 22 aromatic carbocycles. The highest BCUT2D eigenvalue weighted by atomic mass is 32.2. The van der Waals surface area contributed by atoms with Gasteiger partial charge in [-0.25, -0.2) is 0 Å². The molecule has 29 rings (SSSR count). The Morgan fingerprint density at radius 3 is 0.646 bits per heavy atom. The van der Waals surface area contributed by atoms with Gasteiger partial charge in [-0.1, -0.05) is 388 Å². The summed E-state index contributed by atoms with van der Waals surface area (Å²) in [5.41, 5.74) is 38.4. The number of ether oxygens (including phenoxy) is 1. The van der Waals surface area contributed by atoms with E-state index in [1.54, 1.807) is 0 Å². The molecule has 0 N–H and O–H groups in total. The Kier molecular flexibility index (Phi) is 24.7. The van der Waals surface area contributed by atoms with Crippen LogP contribution >= 0.6 is 11.8 Å². The Hall–Kier alpha value is -18.4. The van der Waals surface area contributed by atoms with Crippen molar-refractivity contribution in [2.24, 2.45) is 28.2 Å². The number of benzene rings is 22. The molecule has 704 valence electrons. The average Bonchev–Trinajstić information content (AvgIpc) is 1.62. The monoisotopic (exact) mass is 1910 g/mol. The minimum absolute atomic E-state index is 0.886. The third-order valence-corrected chi connectivity index (χ3v) is 30.2. The largest absolute Gasteiger partial charge is 0.453 e. The smallest absolute Gasteiger partial charge is 0.151 e.